The van der Waals surface area contributed by atoms with Crippen LogP contribution in [0.1, 0.15) is 0 Å². The molecular weight excluding hydrogens is 864 g/mol. The number of nitrogens with zero attached hydrogens (tertiary/aromatic N) is 3. The first-order valence-electron chi connectivity index (χ1n) is 23.5. The largest absolute Gasteiger partial charge is 0.458 e. The minimum absolute atomic E-state index is 0.0837. The summed E-state index contributed by atoms with van der Waals surface area (Å²) in [5, 5.41) is 2.25. The fourth-order valence-corrected chi connectivity index (χ4v) is 13.1. The summed E-state index contributed by atoms with van der Waals surface area (Å²) in [6, 6.07) is 75.7. The highest BCUT2D eigenvalue weighted by Gasteiger charge is 2.53. The third-order valence-corrected chi connectivity index (χ3v) is 15.8. The van der Waals surface area contributed by atoms with E-state index in [2.05, 4.69) is 227 Å². The number of hydrogen-bond donors (Lipinski definition) is 0. The van der Waals surface area contributed by atoms with Crippen LogP contribution in [-0.2, 0) is 0 Å². The van der Waals surface area contributed by atoms with Crippen molar-refractivity contribution in [1.82, 2.24) is 0 Å². The average molecular weight is 900 g/mol. The maximum absolute atomic E-state index is 7.35. The van der Waals surface area contributed by atoms with Gasteiger partial charge >= 0.3 is 0 Å². The summed E-state index contributed by atoms with van der Waals surface area (Å²) >= 11 is 1.84. The van der Waals surface area contributed by atoms with Gasteiger partial charge in [0.2, 0.25) is 0 Å². The van der Waals surface area contributed by atoms with Crippen LogP contribution in [-0.4, -0.2) is 13.4 Å². The minimum Gasteiger partial charge on any atom is -0.458 e. The van der Waals surface area contributed by atoms with E-state index in [0.717, 1.165) is 101 Å². The van der Waals surface area contributed by atoms with Crippen molar-refractivity contribution in [3.63, 3.8) is 0 Å². The molecule has 0 saturated carbocycles. The Morgan fingerprint density at radius 1 is 0.377 bits per heavy atom. The van der Waals surface area contributed by atoms with Crippen LogP contribution in [0.25, 0.3) is 21.9 Å². The molecule has 0 atom stereocenters. The predicted molar refractivity (Wildman–Crippen MR) is 284 cm³/mol. The minimum atomic E-state index is -0.134. The van der Waals surface area contributed by atoms with Crippen molar-refractivity contribution in [2.24, 2.45) is 0 Å². The van der Waals surface area contributed by atoms with Gasteiger partial charge in [-0.1, -0.05) is 133 Å². The van der Waals surface area contributed by atoms with Crippen molar-refractivity contribution in [3.05, 3.63) is 212 Å². The zero-order valence-corrected chi connectivity index (χ0v) is 37.7. The standard InChI is InChI=1S/C60H35B2N3O3S/c1-5-16-36(17-6-1)63(37-18-7-2-8-19-37)40-28-30-44-49(32-40)66-51-35-52-55-58-54(51)61(44)46-25-15-27-53-56(46)65(58)57-47(34-43-42-24-13-14-26-48(42)68-59(43)60(57)69-53)62(55)45-31-29-41(33-50(45)67-52)64(38-20-9-3-10-21-38)39-22-11-4-12-23-39/h1-35H. The number of fused-ring (bicyclic) bond motifs is 10. The Balaban J connectivity index is 0.952. The third kappa shape index (κ3) is 5.20. The fourth-order valence-electron chi connectivity index (χ4n) is 11.9. The van der Waals surface area contributed by atoms with Gasteiger partial charge < -0.3 is 28.6 Å². The predicted octanol–water partition coefficient (Wildman–Crippen LogP) is 12.3. The van der Waals surface area contributed by atoms with Crippen LogP contribution in [0.15, 0.2) is 227 Å². The van der Waals surface area contributed by atoms with Gasteiger partial charge in [-0.3, -0.25) is 0 Å². The molecule has 5 aliphatic heterocycles. The van der Waals surface area contributed by atoms with Gasteiger partial charge in [-0.05, 0) is 106 Å². The lowest BCUT2D eigenvalue weighted by atomic mass is 9.29. The fraction of sp³-hybridized carbons (Fsp3) is 0. The summed E-state index contributed by atoms with van der Waals surface area (Å²) in [7, 11) is 0. The molecule has 0 fully saturated rings. The molecule has 0 spiro atoms. The Hall–Kier alpha value is -8.52. The summed E-state index contributed by atoms with van der Waals surface area (Å²) < 4.78 is 21.6. The first-order valence-corrected chi connectivity index (χ1v) is 24.3. The van der Waals surface area contributed by atoms with E-state index in [1.54, 1.807) is 0 Å². The monoisotopic (exact) mass is 899 g/mol. The maximum atomic E-state index is 7.35. The second kappa shape index (κ2) is 14.0. The number of furan rings is 1. The lowest BCUT2D eigenvalue weighted by Gasteiger charge is -2.49. The van der Waals surface area contributed by atoms with Gasteiger partial charge in [0.15, 0.2) is 5.58 Å². The highest BCUT2D eigenvalue weighted by Crippen LogP contribution is 2.57. The Morgan fingerprint density at radius 3 is 1.46 bits per heavy atom. The molecule has 16 rings (SSSR count). The highest BCUT2D eigenvalue weighted by atomic mass is 32.2. The van der Waals surface area contributed by atoms with Crippen LogP contribution >= 0.6 is 11.8 Å². The summed E-state index contributed by atoms with van der Waals surface area (Å²) in [4.78, 5) is 9.49. The van der Waals surface area contributed by atoms with Crippen molar-refractivity contribution in [2.45, 2.75) is 9.79 Å². The summed E-state index contributed by atoms with van der Waals surface area (Å²) in [5.74, 6) is 3.27. The van der Waals surface area contributed by atoms with Gasteiger partial charge in [-0.15, -0.1) is 0 Å². The molecule has 5 aliphatic rings. The van der Waals surface area contributed by atoms with Crippen LogP contribution in [0, 0.1) is 0 Å². The molecule has 0 unspecified atom stereocenters. The number of hydrogen-bond acceptors (Lipinski definition) is 7. The van der Waals surface area contributed by atoms with Gasteiger partial charge in [0.05, 0.1) is 16.3 Å². The van der Waals surface area contributed by atoms with Crippen molar-refractivity contribution in [1.29, 1.82) is 0 Å². The van der Waals surface area contributed by atoms with E-state index >= 15 is 0 Å². The average Bonchev–Trinajstić information content (AvgIpc) is 3.79. The number of anilines is 9. The number of rotatable bonds is 6. The molecule has 10 aromatic carbocycles. The van der Waals surface area contributed by atoms with E-state index in [1.807, 2.05) is 11.8 Å². The number of para-hydroxylation sites is 6. The van der Waals surface area contributed by atoms with Crippen LogP contribution in [0.5, 0.6) is 23.0 Å². The second-order valence-corrected chi connectivity index (χ2v) is 19.4. The summed E-state index contributed by atoms with van der Waals surface area (Å²) in [6.07, 6.45) is 0. The molecule has 0 amide bonds. The van der Waals surface area contributed by atoms with E-state index in [4.69, 9.17) is 13.9 Å². The van der Waals surface area contributed by atoms with Crippen molar-refractivity contribution in [3.8, 4) is 23.0 Å². The first-order chi connectivity index (χ1) is 34.2. The molecule has 0 saturated heterocycles. The van der Waals surface area contributed by atoms with Gasteiger partial charge in [-0.2, -0.15) is 0 Å². The molecular formula is C60H35B2N3O3S. The smallest absolute Gasteiger partial charge is 0.256 e. The number of benzene rings is 10. The third-order valence-electron chi connectivity index (χ3n) is 14.7. The molecule has 320 valence electrons. The van der Waals surface area contributed by atoms with E-state index in [0.29, 0.717) is 0 Å². The first kappa shape index (κ1) is 37.6. The molecule has 0 N–H and O–H groups in total. The molecule has 6 nitrogen and oxygen atoms in total. The Morgan fingerprint density at radius 2 is 0.899 bits per heavy atom. The van der Waals surface area contributed by atoms with Gasteiger partial charge in [0.25, 0.3) is 13.4 Å². The molecule has 0 bridgehead atoms. The summed E-state index contributed by atoms with van der Waals surface area (Å²) in [5.41, 5.74) is 18.8. The van der Waals surface area contributed by atoms with E-state index < -0.39 is 0 Å². The van der Waals surface area contributed by atoms with Gasteiger partial charge in [0, 0.05) is 73.7 Å². The molecule has 0 radical (unpaired) electrons. The zero-order valence-electron chi connectivity index (χ0n) is 36.8. The Labute approximate surface area is 402 Å². The number of ether oxygens (including phenoxy) is 2. The van der Waals surface area contributed by atoms with Crippen LogP contribution in [0.3, 0.4) is 0 Å². The van der Waals surface area contributed by atoms with Crippen LogP contribution in [0.2, 0.25) is 0 Å². The normalized spacial score (nSPS) is 13.6. The van der Waals surface area contributed by atoms with Crippen molar-refractivity contribution >= 4 is 131 Å². The van der Waals surface area contributed by atoms with Crippen molar-refractivity contribution < 1.29 is 13.9 Å². The molecule has 0 aliphatic carbocycles. The van der Waals surface area contributed by atoms with Gasteiger partial charge in [-0.25, -0.2) is 0 Å². The Bertz CT molecular complexity index is 3900. The quantitative estimate of drug-likeness (QED) is 0.154. The molecule has 1 aromatic heterocycles. The zero-order chi connectivity index (χ0) is 44.9. The topological polar surface area (TPSA) is 41.3 Å². The maximum Gasteiger partial charge on any atom is 0.256 e. The summed E-state index contributed by atoms with van der Waals surface area (Å²) in [6.45, 7) is -0.218. The second-order valence-electron chi connectivity index (χ2n) is 18.3. The highest BCUT2D eigenvalue weighted by molar-refractivity contribution is 8.00. The van der Waals surface area contributed by atoms with Crippen LogP contribution in [0.4, 0.5) is 51.2 Å². The molecule has 69 heavy (non-hydrogen) atoms. The van der Waals surface area contributed by atoms with Crippen LogP contribution < -0.4 is 57.0 Å². The molecule has 6 heterocycles. The van der Waals surface area contributed by atoms with Gasteiger partial charge in [0.1, 0.15) is 28.6 Å². The Kier molecular flexibility index (Phi) is 7.63. The lowest BCUT2D eigenvalue weighted by molar-refractivity contribution is 0.466. The van der Waals surface area contributed by atoms with Crippen molar-refractivity contribution in [2.75, 3.05) is 14.7 Å². The lowest BCUT2D eigenvalue weighted by Crippen LogP contribution is -2.67. The van der Waals surface area contributed by atoms with E-state index in [9.17, 15) is 0 Å². The molecule has 9 heteroatoms. The SMILES string of the molecule is c1ccc(N(c2ccccc2)c2ccc3c(c2)Oc2cc4c5c6c2B3c2cccc3c2N6c2c(cc6c(oc7ccccc76)c2S3)B5c2ccc(N(c3ccccc3)c3ccccc3)cc2O4)cc1. The van der Waals surface area contributed by atoms with E-state index in [1.165, 1.54) is 38.1 Å². The van der Waals surface area contributed by atoms with E-state index in [-0.39, 0.29) is 13.4 Å². The molecule has 11 aromatic rings.